The van der Waals surface area contributed by atoms with Crippen molar-refractivity contribution >= 4 is 50.7 Å². The molecule has 238 valence electrons. The number of benzene rings is 3. The Labute approximate surface area is 267 Å². The molecule has 0 fully saturated rings. The lowest BCUT2D eigenvalue weighted by molar-refractivity contribution is -0.140. The van der Waals surface area contributed by atoms with E-state index < -0.39 is 34.4 Å². The third-order valence-electron chi connectivity index (χ3n) is 6.85. The van der Waals surface area contributed by atoms with E-state index in [2.05, 4.69) is 5.32 Å². The number of sulfonamides is 1. The van der Waals surface area contributed by atoms with Crippen molar-refractivity contribution < 1.29 is 37.0 Å². The second-order valence-corrected chi connectivity index (χ2v) is 12.1. The van der Waals surface area contributed by atoms with E-state index in [9.17, 15) is 18.0 Å². The number of nitrogens with zero attached hydrogens (tertiary/aromatic N) is 2. The highest BCUT2D eigenvalue weighted by Gasteiger charge is 2.35. The molecule has 0 aliphatic heterocycles. The van der Waals surface area contributed by atoms with E-state index >= 15 is 0 Å². The summed E-state index contributed by atoms with van der Waals surface area (Å²) in [6, 6.07) is 12.6. The Bertz CT molecular complexity index is 1600. The lowest BCUT2D eigenvalue weighted by Gasteiger charge is -2.33. The van der Waals surface area contributed by atoms with Gasteiger partial charge in [0.05, 0.1) is 49.1 Å². The standard InChI is InChI=1S/C30H35Cl2N3O8S/c1-7-24(30(37)33-2)34(17-19-8-11-22(31)23(32)14-19)29(36)18-35(25-15-20(40-3)9-12-26(25)41-4)44(38,39)21-10-13-27(42-5)28(16-21)43-6/h8-16,24H,7,17-18H2,1-6H3,(H,33,37)/t24-/m0/s1. The van der Waals surface area contributed by atoms with Crippen LogP contribution in [0.15, 0.2) is 59.5 Å². The predicted octanol–water partition coefficient (Wildman–Crippen LogP) is 4.78. The summed E-state index contributed by atoms with van der Waals surface area (Å²) in [7, 11) is 2.61. The topological polar surface area (TPSA) is 124 Å². The Morgan fingerprint density at radius 3 is 2.07 bits per heavy atom. The number of halogens is 2. The van der Waals surface area contributed by atoms with Gasteiger partial charge >= 0.3 is 0 Å². The molecule has 14 heteroatoms. The first kappa shape index (κ1) is 34.6. The van der Waals surface area contributed by atoms with Gasteiger partial charge in [0, 0.05) is 25.7 Å². The molecular weight excluding hydrogens is 633 g/mol. The summed E-state index contributed by atoms with van der Waals surface area (Å²) >= 11 is 12.3. The third kappa shape index (κ3) is 7.61. The fraction of sp³-hybridized carbons (Fsp3) is 0.333. The zero-order chi connectivity index (χ0) is 32.6. The van der Waals surface area contributed by atoms with E-state index in [0.717, 1.165) is 4.31 Å². The molecule has 44 heavy (non-hydrogen) atoms. The van der Waals surface area contributed by atoms with Crippen LogP contribution in [-0.2, 0) is 26.2 Å². The van der Waals surface area contributed by atoms with E-state index in [1.54, 1.807) is 31.2 Å². The molecule has 0 aliphatic carbocycles. The van der Waals surface area contributed by atoms with E-state index in [0.29, 0.717) is 22.1 Å². The van der Waals surface area contributed by atoms with Crippen LogP contribution in [0.4, 0.5) is 5.69 Å². The van der Waals surface area contributed by atoms with Crippen molar-refractivity contribution in [3.63, 3.8) is 0 Å². The molecular formula is C30H35Cl2N3O8S. The maximum absolute atomic E-state index is 14.3. The number of ether oxygens (including phenoxy) is 4. The lowest BCUT2D eigenvalue weighted by Crippen LogP contribution is -2.51. The van der Waals surface area contributed by atoms with E-state index in [4.69, 9.17) is 42.1 Å². The fourth-order valence-electron chi connectivity index (χ4n) is 4.53. The number of hydrogen-bond donors (Lipinski definition) is 1. The van der Waals surface area contributed by atoms with Gasteiger partial charge in [0.25, 0.3) is 10.0 Å². The van der Waals surface area contributed by atoms with E-state index in [1.807, 2.05) is 0 Å². The van der Waals surface area contributed by atoms with Crippen LogP contribution in [0.1, 0.15) is 18.9 Å². The Morgan fingerprint density at radius 1 is 0.841 bits per heavy atom. The Kier molecular flexibility index (Phi) is 12.0. The quantitative estimate of drug-likeness (QED) is 0.261. The first-order valence-electron chi connectivity index (χ1n) is 13.4. The van der Waals surface area contributed by atoms with Crippen molar-refractivity contribution in [3.05, 3.63) is 70.2 Å². The van der Waals surface area contributed by atoms with Crippen molar-refractivity contribution in [2.45, 2.75) is 30.8 Å². The molecule has 2 amide bonds. The van der Waals surface area contributed by atoms with Gasteiger partial charge in [0.1, 0.15) is 24.1 Å². The second-order valence-electron chi connectivity index (χ2n) is 9.37. The fourth-order valence-corrected chi connectivity index (χ4v) is 6.28. The van der Waals surface area contributed by atoms with Gasteiger partial charge in [-0.05, 0) is 48.4 Å². The number of amides is 2. The van der Waals surface area contributed by atoms with Gasteiger partial charge in [-0.15, -0.1) is 0 Å². The average Bonchev–Trinajstić information content (AvgIpc) is 3.03. The summed E-state index contributed by atoms with van der Waals surface area (Å²) in [5, 5.41) is 3.17. The molecule has 3 aromatic rings. The number of rotatable bonds is 14. The highest BCUT2D eigenvalue weighted by molar-refractivity contribution is 7.92. The minimum atomic E-state index is -4.47. The molecule has 3 aromatic carbocycles. The molecule has 0 radical (unpaired) electrons. The second kappa shape index (κ2) is 15.2. The molecule has 0 unspecified atom stereocenters. The number of methoxy groups -OCH3 is 4. The summed E-state index contributed by atoms with van der Waals surface area (Å²) in [4.78, 5) is 28.3. The lowest BCUT2D eigenvalue weighted by atomic mass is 10.1. The van der Waals surface area contributed by atoms with Gasteiger partial charge in [0.2, 0.25) is 11.8 Å². The van der Waals surface area contributed by atoms with Crippen LogP contribution >= 0.6 is 23.2 Å². The minimum Gasteiger partial charge on any atom is -0.497 e. The van der Waals surface area contributed by atoms with E-state index in [1.165, 1.54) is 70.7 Å². The number of hydrogen-bond acceptors (Lipinski definition) is 8. The Balaban J connectivity index is 2.20. The molecule has 0 aliphatic rings. The number of carbonyl (C=O) groups is 2. The minimum absolute atomic E-state index is 0.0393. The first-order chi connectivity index (χ1) is 20.9. The highest BCUT2D eigenvalue weighted by atomic mass is 35.5. The maximum Gasteiger partial charge on any atom is 0.265 e. The van der Waals surface area contributed by atoms with Crippen LogP contribution in [0.3, 0.4) is 0 Å². The molecule has 1 atom stereocenters. The molecule has 0 heterocycles. The molecule has 0 bridgehead atoms. The average molecular weight is 669 g/mol. The third-order valence-corrected chi connectivity index (χ3v) is 9.34. The van der Waals surface area contributed by atoms with Crippen molar-refractivity contribution in [3.8, 4) is 23.0 Å². The molecule has 1 N–H and O–H groups in total. The van der Waals surface area contributed by atoms with Gasteiger partial charge in [-0.2, -0.15) is 0 Å². The summed E-state index contributed by atoms with van der Waals surface area (Å²) in [5.74, 6) is -0.113. The molecule has 3 rings (SSSR count). The molecule has 0 saturated heterocycles. The van der Waals surface area contributed by atoms with Crippen LogP contribution in [0.25, 0.3) is 0 Å². The van der Waals surface area contributed by atoms with Crippen molar-refractivity contribution in [1.82, 2.24) is 10.2 Å². The van der Waals surface area contributed by atoms with Gasteiger partial charge < -0.3 is 29.2 Å². The van der Waals surface area contributed by atoms with Crippen molar-refractivity contribution in [2.75, 3.05) is 46.3 Å². The summed E-state index contributed by atoms with van der Waals surface area (Å²) in [5.41, 5.74) is 0.626. The number of carbonyl (C=O) groups excluding carboxylic acids is 2. The Hall–Kier alpha value is -3.87. The highest BCUT2D eigenvalue weighted by Crippen LogP contribution is 2.38. The predicted molar refractivity (Wildman–Crippen MR) is 169 cm³/mol. The SMILES string of the molecule is CC[C@@H](C(=O)NC)N(Cc1ccc(Cl)c(Cl)c1)C(=O)CN(c1cc(OC)ccc1OC)S(=O)(=O)c1ccc(OC)c(OC)c1. The zero-order valence-corrected chi connectivity index (χ0v) is 27.5. The van der Waals surface area contributed by atoms with E-state index in [-0.39, 0.29) is 40.1 Å². The van der Waals surface area contributed by atoms with Crippen LogP contribution in [0, 0.1) is 0 Å². The zero-order valence-electron chi connectivity index (χ0n) is 25.2. The monoisotopic (exact) mass is 667 g/mol. The maximum atomic E-state index is 14.3. The summed E-state index contributed by atoms with van der Waals surface area (Å²) in [6.07, 6.45) is 0.248. The Morgan fingerprint density at radius 2 is 1.50 bits per heavy atom. The number of nitrogens with one attached hydrogen (secondary N) is 1. The van der Waals surface area contributed by atoms with Crippen LogP contribution in [0.5, 0.6) is 23.0 Å². The van der Waals surface area contributed by atoms with Gasteiger partial charge in [-0.3, -0.25) is 13.9 Å². The van der Waals surface area contributed by atoms with Gasteiger partial charge in [-0.25, -0.2) is 8.42 Å². The van der Waals surface area contributed by atoms with Gasteiger partial charge in [-0.1, -0.05) is 36.2 Å². The van der Waals surface area contributed by atoms with Crippen LogP contribution in [-0.4, -0.2) is 73.2 Å². The molecule has 0 spiro atoms. The smallest absolute Gasteiger partial charge is 0.265 e. The number of likely N-dealkylation sites (N-methyl/N-ethyl adjacent to an activating group) is 1. The first-order valence-corrected chi connectivity index (χ1v) is 15.6. The normalized spacial score (nSPS) is 11.7. The van der Waals surface area contributed by atoms with Crippen molar-refractivity contribution in [2.24, 2.45) is 0 Å². The molecule has 11 nitrogen and oxygen atoms in total. The number of anilines is 1. The van der Waals surface area contributed by atoms with Crippen LogP contribution < -0.4 is 28.6 Å². The molecule has 0 saturated carbocycles. The van der Waals surface area contributed by atoms with Crippen LogP contribution in [0.2, 0.25) is 10.0 Å². The summed E-state index contributed by atoms with van der Waals surface area (Å²) < 4.78 is 51.1. The summed E-state index contributed by atoms with van der Waals surface area (Å²) in [6.45, 7) is 0.994. The van der Waals surface area contributed by atoms with Gasteiger partial charge in [0.15, 0.2) is 11.5 Å². The molecule has 0 aromatic heterocycles. The largest absolute Gasteiger partial charge is 0.497 e. The van der Waals surface area contributed by atoms with Crippen molar-refractivity contribution in [1.29, 1.82) is 0 Å².